The van der Waals surface area contributed by atoms with E-state index in [0.717, 1.165) is 5.69 Å². The van der Waals surface area contributed by atoms with Crippen LogP contribution < -0.4 is 5.32 Å². The lowest BCUT2D eigenvalue weighted by molar-refractivity contribution is -0.116. The highest BCUT2D eigenvalue weighted by Crippen LogP contribution is 2.03. The summed E-state index contributed by atoms with van der Waals surface area (Å²) in [5.41, 5.74) is 0.843. The Morgan fingerprint density at radius 1 is 1.13 bits per heavy atom. The number of carbonyl (C=O) groups is 2. The molecule has 1 aromatic carbocycles. The van der Waals surface area contributed by atoms with E-state index in [1.54, 1.807) is 6.92 Å². The van der Waals surface area contributed by atoms with E-state index in [9.17, 15) is 9.59 Å². The lowest BCUT2D eigenvalue weighted by Gasteiger charge is -1.98. The topological polar surface area (TPSA) is 46.2 Å². The van der Waals surface area contributed by atoms with Crippen LogP contribution in [0, 0.1) is 0 Å². The van der Waals surface area contributed by atoms with Crippen molar-refractivity contribution in [2.75, 3.05) is 5.32 Å². The quantitative estimate of drug-likeness (QED) is 0.810. The summed E-state index contributed by atoms with van der Waals surface area (Å²) < 4.78 is 0. The molecule has 0 aromatic heterocycles. The molecule has 1 amide bonds. The standard InChI is InChI=1S/C8H9NO.C4H8O/c1-7(10)9-8-5-3-2-4-6-8;1-3-4(2)5/h2-6H,1H3,(H,9,10);3H2,1-2H3. The third-order valence-electron chi connectivity index (χ3n) is 1.59. The molecule has 15 heavy (non-hydrogen) atoms. The molecule has 0 saturated heterocycles. The van der Waals surface area contributed by atoms with Crippen LogP contribution in [0.5, 0.6) is 0 Å². The van der Waals surface area contributed by atoms with Crippen molar-refractivity contribution in [1.82, 2.24) is 0 Å². The Kier molecular flexibility index (Phi) is 6.89. The maximum atomic E-state index is 10.5. The fourth-order valence-corrected chi connectivity index (χ4v) is 0.725. The fraction of sp³-hybridized carbons (Fsp3) is 0.333. The second kappa shape index (κ2) is 7.74. The minimum atomic E-state index is -0.0359. The Hall–Kier alpha value is -1.64. The van der Waals surface area contributed by atoms with Gasteiger partial charge in [-0.25, -0.2) is 0 Å². The lowest BCUT2D eigenvalue weighted by Crippen LogP contribution is -2.04. The van der Waals surface area contributed by atoms with Gasteiger partial charge >= 0.3 is 0 Å². The van der Waals surface area contributed by atoms with Gasteiger partial charge in [-0.2, -0.15) is 0 Å². The zero-order valence-electron chi connectivity index (χ0n) is 9.41. The molecule has 0 radical (unpaired) electrons. The monoisotopic (exact) mass is 207 g/mol. The fourth-order valence-electron chi connectivity index (χ4n) is 0.725. The van der Waals surface area contributed by atoms with Crippen molar-refractivity contribution < 1.29 is 9.59 Å². The molecular weight excluding hydrogens is 190 g/mol. The smallest absolute Gasteiger partial charge is 0.221 e. The van der Waals surface area contributed by atoms with Gasteiger partial charge in [0, 0.05) is 19.0 Å². The summed E-state index contributed by atoms with van der Waals surface area (Å²) in [4.78, 5) is 20.3. The average Bonchev–Trinajstić information content (AvgIpc) is 2.19. The number of Topliss-reactive ketones (excluding diaryl/α,β-unsaturated/α-hetero) is 1. The van der Waals surface area contributed by atoms with Gasteiger partial charge in [0.25, 0.3) is 0 Å². The minimum Gasteiger partial charge on any atom is -0.326 e. The summed E-state index contributed by atoms with van der Waals surface area (Å²) in [5, 5.41) is 2.67. The third-order valence-corrected chi connectivity index (χ3v) is 1.59. The first-order valence-electron chi connectivity index (χ1n) is 4.88. The van der Waals surface area contributed by atoms with Crippen molar-refractivity contribution in [3.63, 3.8) is 0 Å². The second-order valence-electron chi connectivity index (χ2n) is 3.10. The second-order valence-corrected chi connectivity index (χ2v) is 3.10. The normalized spacial score (nSPS) is 8.47. The number of benzene rings is 1. The van der Waals surface area contributed by atoms with Crippen molar-refractivity contribution in [1.29, 1.82) is 0 Å². The number of rotatable bonds is 2. The van der Waals surface area contributed by atoms with Gasteiger partial charge in [0.05, 0.1) is 0 Å². The minimum absolute atomic E-state index is 0.0359. The predicted octanol–water partition coefficient (Wildman–Crippen LogP) is 2.63. The van der Waals surface area contributed by atoms with Crippen LogP contribution in [0.3, 0.4) is 0 Å². The van der Waals surface area contributed by atoms with Gasteiger partial charge in [0.2, 0.25) is 5.91 Å². The van der Waals surface area contributed by atoms with Gasteiger partial charge in [-0.1, -0.05) is 25.1 Å². The number of hydrogen-bond acceptors (Lipinski definition) is 2. The molecule has 0 aliphatic heterocycles. The van der Waals surface area contributed by atoms with Crippen LogP contribution in [-0.2, 0) is 9.59 Å². The molecular formula is C12H17NO2. The molecule has 1 aromatic rings. The molecule has 0 saturated carbocycles. The summed E-state index contributed by atoms with van der Waals surface area (Å²) in [6.07, 6.45) is 0.667. The molecule has 0 unspecified atom stereocenters. The molecule has 3 nitrogen and oxygen atoms in total. The first kappa shape index (κ1) is 13.4. The van der Waals surface area contributed by atoms with Crippen LogP contribution >= 0.6 is 0 Å². The molecule has 0 atom stereocenters. The van der Waals surface area contributed by atoms with Gasteiger partial charge < -0.3 is 10.1 Å². The summed E-state index contributed by atoms with van der Waals surface area (Å²) in [5.74, 6) is 0.219. The predicted molar refractivity (Wildman–Crippen MR) is 61.7 cm³/mol. The van der Waals surface area contributed by atoms with E-state index in [2.05, 4.69) is 5.32 Å². The lowest BCUT2D eigenvalue weighted by atomic mass is 10.3. The van der Waals surface area contributed by atoms with Crippen molar-refractivity contribution >= 4 is 17.4 Å². The third kappa shape index (κ3) is 8.68. The zero-order valence-corrected chi connectivity index (χ0v) is 9.41. The first-order valence-corrected chi connectivity index (χ1v) is 4.88. The van der Waals surface area contributed by atoms with Crippen molar-refractivity contribution in [3.8, 4) is 0 Å². The average molecular weight is 207 g/mol. The molecule has 0 heterocycles. The first-order chi connectivity index (χ1) is 7.06. The molecule has 0 fully saturated rings. The molecule has 1 rings (SSSR count). The molecule has 0 aliphatic carbocycles. The number of ketones is 1. The van der Waals surface area contributed by atoms with Crippen LogP contribution in [0.4, 0.5) is 5.69 Å². The van der Waals surface area contributed by atoms with Crippen molar-refractivity contribution in [3.05, 3.63) is 30.3 Å². The van der Waals surface area contributed by atoms with Gasteiger partial charge in [0.1, 0.15) is 5.78 Å². The molecule has 3 heteroatoms. The maximum absolute atomic E-state index is 10.5. The van der Waals surface area contributed by atoms with Crippen molar-refractivity contribution in [2.45, 2.75) is 27.2 Å². The van der Waals surface area contributed by atoms with E-state index in [0.29, 0.717) is 6.42 Å². The number of nitrogens with one attached hydrogen (secondary N) is 1. The number of carbonyl (C=O) groups excluding carboxylic acids is 2. The number of anilines is 1. The van der Waals surface area contributed by atoms with Gasteiger partial charge in [-0.05, 0) is 19.1 Å². The van der Waals surface area contributed by atoms with Gasteiger partial charge in [-0.15, -0.1) is 0 Å². The molecule has 0 spiro atoms. The van der Waals surface area contributed by atoms with E-state index in [1.165, 1.54) is 6.92 Å². The highest BCUT2D eigenvalue weighted by molar-refractivity contribution is 5.88. The number of hydrogen-bond donors (Lipinski definition) is 1. The Morgan fingerprint density at radius 3 is 1.93 bits per heavy atom. The van der Waals surface area contributed by atoms with Crippen LogP contribution in [-0.4, -0.2) is 11.7 Å². The van der Waals surface area contributed by atoms with Crippen LogP contribution in [0.1, 0.15) is 27.2 Å². The summed E-state index contributed by atoms with van der Waals surface area (Å²) in [7, 11) is 0. The molecule has 1 N–H and O–H groups in total. The maximum Gasteiger partial charge on any atom is 0.221 e. The molecule has 82 valence electrons. The van der Waals surface area contributed by atoms with Gasteiger partial charge in [-0.3, -0.25) is 4.79 Å². The van der Waals surface area contributed by atoms with E-state index in [1.807, 2.05) is 37.3 Å². The summed E-state index contributed by atoms with van der Waals surface area (Å²) >= 11 is 0. The molecule has 0 aliphatic rings. The van der Waals surface area contributed by atoms with Crippen LogP contribution in [0.25, 0.3) is 0 Å². The van der Waals surface area contributed by atoms with Crippen molar-refractivity contribution in [2.24, 2.45) is 0 Å². The summed E-state index contributed by atoms with van der Waals surface area (Å²) in [6, 6.07) is 9.37. The van der Waals surface area contributed by atoms with Gasteiger partial charge in [0.15, 0.2) is 0 Å². The molecule has 0 bridgehead atoms. The highest BCUT2D eigenvalue weighted by Gasteiger charge is 1.90. The van der Waals surface area contributed by atoms with E-state index in [-0.39, 0.29) is 11.7 Å². The Balaban J connectivity index is 0.000000336. The SMILES string of the molecule is CC(=O)Nc1ccccc1.CCC(C)=O. The number of para-hydroxylation sites is 1. The summed E-state index contributed by atoms with van der Waals surface area (Å²) in [6.45, 7) is 4.93. The largest absolute Gasteiger partial charge is 0.326 e. The Labute approximate surface area is 90.5 Å². The Morgan fingerprint density at radius 2 is 1.60 bits per heavy atom. The highest BCUT2D eigenvalue weighted by atomic mass is 16.1. The number of amides is 1. The van der Waals surface area contributed by atoms with E-state index < -0.39 is 0 Å². The Bertz CT molecular complexity index is 307. The van der Waals surface area contributed by atoms with E-state index in [4.69, 9.17) is 0 Å². The van der Waals surface area contributed by atoms with Crippen LogP contribution in [0.15, 0.2) is 30.3 Å². The van der Waals surface area contributed by atoms with Crippen LogP contribution in [0.2, 0.25) is 0 Å². The van der Waals surface area contributed by atoms with E-state index >= 15 is 0 Å². The zero-order chi connectivity index (χ0) is 11.7.